The van der Waals surface area contributed by atoms with E-state index in [2.05, 4.69) is 5.32 Å². The van der Waals surface area contributed by atoms with E-state index in [-0.39, 0.29) is 15.6 Å². The molecule has 0 radical (unpaired) electrons. The molecule has 1 aromatic rings. The second-order valence-electron chi connectivity index (χ2n) is 4.04. The summed E-state index contributed by atoms with van der Waals surface area (Å²) in [5, 5.41) is 0.913. The third-order valence-corrected chi connectivity index (χ3v) is 5.78. The van der Waals surface area contributed by atoms with E-state index in [1.54, 1.807) is 0 Å². The molecule has 0 saturated heterocycles. The van der Waals surface area contributed by atoms with Crippen LogP contribution in [0.5, 0.6) is 0 Å². The summed E-state index contributed by atoms with van der Waals surface area (Å²) >= 11 is 5.73. The SMILES string of the molecule is CC(C(=O)Nc1ccc(S(=O)(=O)Cl)c(Cl)c1)S(C)(=O)=O. The predicted octanol–water partition coefficient (Wildman–Crippen LogP) is 1.64. The Bertz CT molecular complexity index is 743. The number of carbonyl (C=O) groups is 1. The normalized spacial score (nSPS) is 13.8. The molecule has 1 unspecified atom stereocenters. The number of amides is 1. The van der Waals surface area contributed by atoms with Crippen molar-refractivity contribution in [3.8, 4) is 0 Å². The molecule has 1 amide bonds. The summed E-state index contributed by atoms with van der Waals surface area (Å²) in [6.07, 6.45) is 0.938. The van der Waals surface area contributed by atoms with Gasteiger partial charge < -0.3 is 5.32 Å². The highest BCUT2D eigenvalue weighted by Gasteiger charge is 2.24. The first kappa shape index (κ1) is 17.2. The van der Waals surface area contributed by atoms with Crippen LogP contribution >= 0.6 is 22.3 Å². The fourth-order valence-electron chi connectivity index (χ4n) is 1.21. The number of anilines is 1. The molecule has 112 valence electrons. The second-order valence-corrected chi connectivity index (χ2v) is 9.35. The molecule has 0 aliphatic rings. The van der Waals surface area contributed by atoms with Crippen LogP contribution in [-0.2, 0) is 23.7 Å². The standard InChI is InChI=1S/C10H11Cl2NO5S2/c1-6(19(2,15)16)10(14)13-7-3-4-9(8(11)5-7)20(12,17)18/h3-6H,1-2H3,(H,13,14). The summed E-state index contributed by atoms with van der Waals surface area (Å²) in [6.45, 7) is 1.24. The van der Waals surface area contributed by atoms with Gasteiger partial charge in [0.05, 0.1) is 5.02 Å². The lowest BCUT2D eigenvalue weighted by atomic mass is 10.3. The number of hydrogen-bond donors (Lipinski definition) is 1. The maximum Gasteiger partial charge on any atom is 0.262 e. The molecule has 1 N–H and O–H groups in total. The number of rotatable bonds is 4. The predicted molar refractivity (Wildman–Crippen MR) is 77.4 cm³/mol. The Morgan fingerprint density at radius 1 is 1.25 bits per heavy atom. The molecule has 1 aromatic carbocycles. The molecule has 20 heavy (non-hydrogen) atoms. The van der Waals surface area contributed by atoms with Crippen molar-refractivity contribution in [1.29, 1.82) is 0 Å². The van der Waals surface area contributed by atoms with Crippen LogP contribution in [-0.4, -0.2) is 34.2 Å². The molecule has 0 fully saturated rings. The minimum Gasteiger partial charge on any atom is -0.325 e. The summed E-state index contributed by atoms with van der Waals surface area (Å²) in [7, 11) is -2.36. The van der Waals surface area contributed by atoms with Crippen molar-refractivity contribution in [2.45, 2.75) is 17.1 Å². The molecule has 0 bridgehead atoms. The molecule has 0 heterocycles. The van der Waals surface area contributed by atoms with Gasteiger partial charge in [-0.1, -0.05) is 11.6 Å². The first-order chi connectivity index (χ1) is 8.93. The summed E-state index contributed by atoms with van der Waals surface area (Å²) in [5.41, 5.74) is 0.166. The Hall–Kier alpha value is -0.830. The fourth-order valence-corrected chi connectivity index (χ4v) is 3.19. The van der Waals surface area contributed by atoms with E-state index in [1.165, 1.54) is 19.1 Å². The molecular formula is C10H11Cl2NO5S2. The van der Waals surface area contributed by atoms with E-state index in [0.29, 0.717) is 0 Å². The molecule has 0 aromatic heterocycles. The Labute approximate surface area is 126 Å². The number of halogens is 2. The second kappa shape index (κ2) is 5.88. The molecule has 1 rings (SSSR count). The summed E-state index contributed by atoms with van der Waals surface area (Å²) < 4.78 is 44.7. The molecule has 6 nitrogen and oxygen atoms in total. The lowest BCUT2D eigenvalue weighted by molar-refractivity contribution is -0.115. The monoisotopic (exact) mass is 359 g/mol. The first-order valence-corrected chi connectivity index (χ1v) is 9.81. The molecule has 0 aliphatic heterocycles. The van der Waals surface area contributed by atoms with E-state index in [0.717, 1.165) is 12.3 Å². The van der Waals surface area contributed by atoms with Crippen LogP contribution in [0, 0.1) is 0 Å². The maximum atomic E-state index is 11.7. The average molecular weight is 360 g/mol. The van der Waals surface area contributed by atoms with Crippen molar-refractivity contribution in [2.75, 3.05) is 11.6 Å². The van der Waals surface area contributed by atoms with Gasteiger partial charge >= 0.3 is 0 Å². The number of nitrogens with one attached hydrogen (secondary N) is 1. The number of benzene rings is 1. The van der Waals surface area contributed by atoms with Crippen molar-refractivity contribution in [3.05, 3.63) is 23.2 Å². The van der Waals surface area contributed by atoms with Gasteiger partial charge in [0, 0.05) is 22.6 Å². The van der Waals surface area contributed by atoms with Gasteiger partial charge in [-0.15, -0.1) is 0 Å². The Balaban J connectivity index is 3.02. The zero-order chi connectivity index (χ0) is 15.7. The van der Waals surface area contributed by atoms with Gasteiger partial charge in [0.2, 0.25) is 5.91 Å². The van der Waals surface area contributed by atoms with E-state index in [1.807, 2.05) is 0 Å². The van der Waals surface area contributed by atoms with Crippen molar-refractivity contribution in [3.63, 3.8) is 0 Å². The third-order valence-electron chi connectivity index (χ3n) is 2.47. The zero-order valence-corrected chi connectivity index (χ0v) is 13.6. The molecule has 1 atom stereocenters. The number of hydrogen-bond acceptors (Lipinski definition) is 5. The quantitative estimate of drug-likeness (QED) is 0.824. The Kier molecular flexibility index (Phi) is 5.07. The summed E-state index contributed by atoms with van der Waals surface area (Å²) in [5.74, 6) is -0.745. The van der Waals surface area contributed by atoms with Gasteiger partial charge in [-0.3, -0.25) is 4.79 Å². The van der Waals surface area contributed by atoms with Crippen LogP contribution in [0.15, 0.2) is 23.1 Å². The van der Waals surface area contributed by atoms with Crippen molar-refractivity contribution >= 4 is 52.8 Å². The van der Waals surface area contributed by atoms with Gasteiger partial charge in [-0.2, -0.15) is 0 Å². The van der Waals surface area contributed by atoms with Crippen LogP contribution in [0.4, 0.5) is 5.69 Å². The summed E-state index contributed by atoms with van der Waals surface area (Å²) in [6, 6.07) is 3.54. The van der Waals surface area contributed by atoms with Crippen molar-refractivity contribution in [1.82, 2.24) is 0 Å². The lowest BCUT2D eigenvalue weighted by Crippen LogP contribution is -2.31. The number of carbonyl (C=O) groups excluding carboxylic acids is 1. The van der Waals surface area contributed by atoms with Crippen molar-refractivity contribution < 1.29 is 21.6 Å². The highest BCUT2D eigenvalue weighted by atomic mass is 35.7. The van der Waals surface area contributed by atoms with Crippen LogP contribution in [0.3, 0.4) is 0 Å². The maximum absolute atomic E-state index is 11.7. The highest BCUT2D eigenvalue weighted by molar-refractivity contribution is 8.13. The molecule has 0 saturated carbocycles. The molecule has 0 spiro atoms. The van der Waals surface area contributed by atoms with E-state index in [9.17, 15) is 21.6 Å². The largest absolute Gasteiger partial charge is 0.325 e. The minimum absolute atomic E-state index is 0.166. The third kappa shape index (κ3) is 4.34. The lowest BCUT2D eigenvalue weighted by Gasteiger charge is -2.11. The first-order valence-electron chi connectivity index (χ1n) is 5.17. The Morgan fingerprint density at radius 3 is 2.20 bits per heavy atom. The van der Waals surface area contributed by atoms with Crippen molar-refractivity contribution in [2.24, 2.45) is 0 Å². The van der Waals surface area contributed by atoms with Gasteiger partial charge in [-0.05, 0) is 25.1 Å². The number of sulfone groups is 1. The van der Waals surface area contributed by atoms with Crippen LogP contribution < -0.4 is 5.32 Å². The van der Waals surface area contributed by atoms with E-state index < -0.39 is 30.0 Å². The summed E-state index contributed by atoms with van der Waals surface area (Å²) in [4.78, 5) is 11.4. The smallest absolute Gasteiger partial charge is 0.262 e. The molecule has 0 aliphatic carbocycles. The van der Waals surface area contributed by atoms with Gasteiger partial charge in [-0.25, -0.2) is 16.8 Å². The van der Waals surface area contributed by atoms with E-state index >= 15 is 0 Å². The minimum atomic E-state index is -3.99. The average Bonchev–Trinajstić information content (AvgIpc) is 2.24. The fraction of sp³-hybridized carbons (Fsp3) is 0.300. The molecule has 10 heteroatoms. The van der Waals surface area contributed by atoms with Gasteiger partial charge in [0.1, 0.15) is 10.1 Å². The topological polar surface area (TPSA) is 97.4 Å². The Morgan fingerprint density at radius 2 is 1.80 bits per heavy atom. The molecular weight excluding hydrogens is 349 g/mol. The van der Waals surface area contributed by atoms with Crippen LogP contribution in [0.1, 0.15) is 6.92 Å². The van der Waals surface area contributed by atoms with Gasteiger partial charge in [0.25, 0.3) is 9.05 Å². The van der Waals surface area contributed by atoms with E-state index in [4.69, 9.17) is 22.3 Å². The van der Waals surface area contributed by atoms with Gasteiger partial charge in [0.15, 0.2) is 9.84 Å². The van der Waals surface area contributed by atoms with Crippen LogP contribution in [0.25, 0.3) is 0 Å². The van der Waals surface area contributed by atoms with Crippen LogP contribution in [0.2, 0.25) is 5.02 Å². The zero-order valence-electron chi connectivity index (χ0n) is 10.4. The highest BCUT2D eigenvalue weighted by Crippen LogP contribution is 2.27.